The molecule has 0 spiro atoms. The first-order chi connectivity index (χ1) is 7.74. The van der Waals surface area contributed by atoms with Gasteiger partial charge in [-0.1, -0.05) is 0 Å². The Morgan fingerprint density at radius 3 is 3.00 bits per heavy atom. The van der Waals surface area contributed by atoms with E-state index in [0.717, 1.165) is 37.8 Å². The van der Waals surface area contributed by atoms with Gasteiger partial charge < -0.3 is 15.0 Å². The maximum atomic E-state index is 5.75. The van der Waals surface area contributed by atoms with Crippen molar-refractivity contribution in [2.75, 3.05) is 13.2 Å². The minimum atomic E-state index is 0.187. The van der Waals surface area contributed by atoms with Gasteiger partial charge >= 0.3 is 0 Å². The van der Waals surface area contributed by atoms with E-state index in [4.69, 9.17) is 10.5 Å². The number of nitrogens with zero attached hydrogens (tertiary/aromatic N) is 2. The second kappa shape index (κ2) is 5.46. The van der Waals surface area contributed by atoms with E-state index < -0.39 is 0 Å². The average molecular weight is 223 g/mol. The molecule has 0 amide bonds. The summed E-state index contributed by atoms with van der Waals surface area (Å²) in [6.45, 7) is 4.89. The molecule has 2 N–H and O–H groups in total. The Morgan fingerprint density at radius 2 is 2.31 bits per heavy atom. The zero-order valence-corrected chi connectivity index (χ0v) is 9.93. The Kier molecular flexibility index (Phi) is 3.96. The van der Waals surface area contributed by atoms with Gasteiger partial charge in [0.25, 0.3) is 0 Å². The van der Waals surface area contributed by atoms with Crippen LogP contribution in [0.15, 0.2) is 12.5 Å². The Balaban J connectivity index is 1.86. The number of ether oxygens (including phenoxy) is 1. The highest BCUT2D eigenvalue weighted by Gasteiger charge is 2.14. The molecule has 1 fully saturated rings. The van der Waals surface area contributed by atoms with Crippen LogP contribution < -0.4 is 5.73 Å². The molecule has 2 rings (SSSR count). The molecule has 1 aliphatic heterocycles. The first-order valence-electron chi connectivity index (χ1n) is 6.08. The van der Waals surface area contributed by atoms with Crippen molar-refractivity contribution < 1.29 is 4.74 Å². The molecule has 1 aromatic rings. The van der Waals surface area contributed by atoms with Crippen LogP contribution in [0.1, 0.15) is 25.5 Å². The van der Waals surface area contributed by atoms with Gasteiger partial charge in [0.05, 0.1) is 12.0 Å². The molecular formula is C12H21N3O. The predicted octanol–water partition coefficient (Wildman–Crippen LogP) is 1.20. The topological polar surface area (TPSA) is 53.1 Å². The fourth-order valence-electron chi connectivity index (χ4n) is 2.17. The van der Waals surface area contributed by atoms with Gasteiger partial charge in [0.2, 0.25) is 0 Å². The molecule has 1 unspecified atom stereocenters. The molecule has 0 bridgehead atoms. The minimum absolute atomic E-state index is 0.187. The molecule has 1 aromatic heterocycles. The Morgan fingerprint density at radius 1 is 1.56 bits per heavy atom. The van der Waals surface area contributed by atoms with Crippen molar-refractivity contribution in [2.45, 2.75) is 38.8 Å². The van der Waals surface area contributed by atoms with Crippen LogP contribution in [0, 0.1) is 5.92 Å². The third-order valence-corrected chi connectivity index (χ3v) is 3.03. The van der Waals surface area contributed by atoms with Crippen molar-refractivity contribution in [3.8, 4) is 0 Å². The quantitative estimate of drug-likeness (QED) is 0.834. The van der Waals surface area contributed by atoms with Crippen molar-refractivity contribution in [1.29, 1.82) is 0 Å². The normalized spacial score (nSPS) is 19.9. The minimum Gasteiger partial charge on any atom is -0.381 e. The number of imidazole rings is 1. The summed E-state index contributed by atoms with van der Waals surface area (Å²) in [5.74, 6) is 0.742. The summed E-state index contributed by atoms with van der Waals surface area (Å²) < 4.78 is 7.54. The maximum Gasteiger partial charge on any atom is 0.0949 e. The maximum absolute atomic E-state index is 5.75. The average Bonchev–Trinajstić information content (AvgIpc) is 2.66. The van der Waals surface area contributed by atoms with E-state index in [9.17, 15) is 0 Å². The molecule has 4 nitrogen and oxygen atoms in total. The summed E-state index contributed by atoms with van der Waals surface area (Å²) in [7, 11) is 0. The van der Waals surface area contributed by atoms with Gasteiger partial charge in [-0.15, -0.1) is 0 Å². The van der Waals surface area contributed by atoms with Crippen molar-refractivity contribution in [3.05, 3.63) is 18.2 Å². The molecule has 2 heterocycles. The van der Waals surface area contributed by atoms with Gasteiger partial charge in [-0.3, -0.25) is 0 Å². The Hall–Kier alpha value is -0.870. The van der Waals surface area contributed by atoms with Crippen molar-refractivity contribution in [3.63, 3.8) is 0 Å². The van der Waals surface area contributed by atoms with Crippen LogP contribution in [0.4, 0.5) is 0 Å². The first-order valence-corrected chi connectivity index (χ1v) is 6.08. The van der Waals surface area contributed by atoms with Crippen molar-refractivity contribution in [1.82, 2.24) is 9.55 Å². The predicted molar refractivity (Wildman–Crippen MR) is 63.1 cm³/mol. The lowest BCUT2D eigenvalue weighted by atomic mass is 10.0. The zero-order valence-electron chi connectivity index (χ0n) is 9.93. The van der Waals surface area contributed by atoms with Crippen LogP contribution in [-0.4, -0.2) is 28.8 Å². The van der Waals surface area contributed by atoms with Gasteiger partial charge in [0.1, 0.15) is 0 Å². The summed E-state index contributed by atoms with van der Waals surface area (Å²) >= 11 is 0. The summed E-state index contributed by atoms with van der Waals surface area (Å²) in [5.41, 5.74) is 6.85. The first kappa shape index (κ1) is 11.6. The largest absolute Gasteiger partial charge is 0.381 e. The lowest BCUT2D eigenvalue weighted by Gasteiger charge is -2.22. The number of nitrogens with two attached hydrogens (primary N) is 1. The van der Waals surface area contributed by atoms with E-state index in [2.05, 4.69) is 15.7 Å². The lowest BCUT2D eigenvalue weighted by Crippen LogP contribution is -2.20. The smallest absolute Gasteiger partial charge is 0.0949 e. The van der Waals surface area contributed by atoms with E-state index >= 15 is 0 Å². The highest BCUT2D eigenvalue weighted by atomic mass is 16.5. The van der Waals surface area contributed by atoms with Crippen molar-refractivity contribution >= 4 is 0 Å². The molecule has 0 saturated carbocycles. The van der Waals surface area contributed by atoms with Crippen LogP contribution in [0.2, 0.25) is 0 Å². The summed E-state index contributed by atoms with van der Waals surface area (Å²) in [4.78, 5) is 4.37. The van der Waals surface area contributed by atoms with E-state index in [-0.39, 0.29) is 6.04 Å². The number of hydrogen-bond donors (Lipinski definition) is 1. The summed E-state index contributed by atoms with van der Waals surface area (Å²) in [5, 5.41) is 0. The van der Waals surface area contributed by atoms with Gasteiger partial charge in [-0.05, 0) is 25.7 Å². The lowest BCUT2D eigenvalue weighted by molar-refractivity contribution is 0.0612. The number of hydrogen-bond acceptors (Lipinski definition) is 3. The summed E-state index contributed by atoms with van der Waals surface area (Å²) in [6, 6.07) is 0.187. The van der Waals surface area contributed by atoms with Gasteiger partial charge in [0.15, 0.2) is 0 Å². The van der Waals surface area contributed by atoms with Gasteiger partial charge in [0, 0.05) is 38.4 Å². The van der Waals surface area contributed by atoms with Crippen LogP contribution >= 0.6 is 0 Å². The molecule has 0 aromatic carbocycles. The van der Waals surface area contributed by atoms with Crippen LogP contribution in [0.3, 0.4) is 0 Å². The van der Waals surface area contributed by atoms with Crippen molar-refractivity contribution in [2.24, 2.45) is 11.7 Å². The van der Waals surface area contributed by atoms with E-state index in [1.54, 1.807) is 0 Å². The highest BCUT2D eigenvalue weighted by Crippen LogP contribution is 2.17. The van der Waals surface area contributed by atoms with E-state index in [1.807, 2.05) is 13.3 Å². The molecule has 0 radical (unpaired) electrons. The molecule has 1 atom stereocenters. The SMILES string of the molecule is CC(N)Cc1cn(CC2CCOCC2)cn1. The van der Waals surface area contributed by atoms with E-state index in [0.29, 0.717) is 0 Å². The number of rotatable bonds is 4. The molecule has 0 aliphatic carbocycles. The van der Waals surface area contributed by atoms with Crippen LogP contribution in [-0.2, 0) is 17.7 Å². The molecule has 1 saturated heterocycles. The second-order valence-corrected chi connectivity index (χ2v) is 4.80. The number of aromatic nitrogens is 2. The fourth-order valence-corrected chi connectivity index (χ4v) is 2.17. The second-order valence-electron chi connectivity index (χ2n) is 4.80. The van der Waals surface area contributed by atoms with Gasteiger partial charge in [-0.2, -0.15) is 0 Å². The van der Waals surface area contributed by atoms with Crippen LogP contribution in [0.5, 0.6) is 0 Å². The molecule has 90 valence electrons. The molecule has 4 heteroatoms. The Labute approximate surface area is 96.8 Å². The third-order valence-electron chi connectivity index (χ3n) is 3.03. The molecule has 1 aliphatic rings. The van der Waals surface area contributed by atoms with Gasteiger partial charge in [-0.25, -0.2) is 4.98 Å². The monoisotopic (exact) mass is 223 g/mol. The van der Waals surface area contributed by atoms with Crippen LogP contribution in [0.25, 0.3) is 0 Å². The molecular weight excluding hydrogens is 202 g/mol. The Bertz CT molecular complexity index is 316. The zero-order chi connectivity index (χ0) is 11.4. The third kappa shape index (κ3) is 3.32. The van der Waals surface area contributed by atoms with E-state index in [1.165, 1.54) is 12.8 Å². The summed E-state index contributed by atoms with van der Waals surface area (Å²) in [6.07, 6.45) is 7.24. The molecule has 16 heavy (non-hydrogen) atoms. The standard InChI is InChI=1S/C12H21N3O/c1-10(13)6-12-8-15(9-14-12)7-11-2-4-16-5-3-11/h8-11H,2-7,13H2,1H3. The fraction of sp³-hybridized carbons (Fsp3) is 0.750. The highest BCUT2D eigenvalue weighted by molar-refractivity contribution is 4.98.